The Balaban J connectivity index is 1.16. The van der Waals surface area contributed by atoms with Crippen LogP contribution in [0.1, 0.15) is 54.9 Å². The van der Waals surface area contributed by atoms with Gasteiger partial charge in [-0.3, -0.25) is 0 Å². The van der Waals surface area contributed by atoms with E-state index in [0.717, 1.165) is 49.1 Å². The molecule has 0 radical (unpaired) electrons. The van der Waals surface area contributed by atoms with Gasteiger partial charge in [0, 0.05) is 42.0 Å². The van der Waals surface area contributed by atoms with Crippen molar-refractivity contribution < 1.29 is 13.7 Å². The van der Waals surface area contributed by atoms with E-state index >= 15 is 0 Å². The molecular formula is C28H26Cl2FN3O2. The van der Waals surface area contributed by atoms with Crippen LogP contribution in [0.4, 0.5) is 10.1 Å². The Kier molecular flexibility index (Phi) is 6.41. The summed E-state index contributed by atoms with van der Waals surface area (Å²) in [6.07, 6.45) is 5.08. The Morgan fingerprint density at radius 1 is 1.17 bits per heavy atom. The lowest BCUT2D eigenvalue weighted by atomic mass is 10.0. The quantitative estimate of drug-likeness (QED) is 0.308. The van der Waals surface area contributed by atoms with Gasteiger partial charge in [0.2, 0.25) is 0 Å². The van der Waals surface area contributed by atoms with Gasteiger partial charge in [-0.2, -0.15) is 5.26 Å². The van der Waals surface area contributed by atoms with Crippen molar-refractivity contribution in [3.8, 4) is 17.3 Å². The molecule has 0 unspecified atom stereocenters. The molecule has 3 aliphatic rings. The van der Waals surface area contributed by atoms with E-state index in [0.29, 0.717) is 58.3 Å². The molecule has 2 saturated carbocycles. The summed E-state index contributed by atoms with van der Waals surface area (Å²) in [6.45, 7) is 1.16. The molecule has 1 aliphatic heterocycles. The Morgan fingerprint density at radius 3 is 2.64 bits per heavy atom. The zero-order chi connectivity index (χ0) is 24.8. The number of aromatic nitrogens is 1. The number of nitriles is 1. The normalized spacial score (nSPS) is 22.8. The first-order valence-corrected chi connectivity index (χ1v) is 13.3. The minimum atomic E-state index is -0.213. The summed E-state index contributed by atoms with van der Waals surface area (Å²) in [5, 5.41) is 14.2. The van der Waals surface area contributed by atoms with Crippen LogP contribution in [0.15, 0.2) is 40.9 Å². The molecule has 3 aromatic rings. The first kappa shape index (κ1) is 23.8. The van der Waals surface area contributed by atoms with E-state index < -0.39 is 0 Å². The van der Waals surface area contributed by atoms with Gasteiger partial charge in [0.25, 0.3) is 0 Å². The molecule has 5 nitrogen and oxygen atoms in total. The van der Waals surface area contributed by atoms with Gasteiger partial charge in [0.15, 0.2) is 0 Å². The highest BCUT2D eigenvalue weighted by Gasteiger charge is 2.46. The summed E-state index contributed by atoms with van der Waals surface area (Å²) < 4.78 is 27.1. The Morgan fingerprint density at radius 2 is 1.97 bits per heavy atom. The molecule has 0 amide bonds. The number of halogens is 3. The van der Waals surface area contributed by atoms with E-state index in [1.54, 1.807) is 18.2 Å². The molecule has 0 spiro atoms. The monoisotopic (exact) mass is 525 g/mol. The number of hydrogen-bond donors (Lipinski definition) is 0. The average molecular weight is 526 g/mol. The highest BCUT2D eigenvalue weighted by Crippen LogP contribution is 2.47. The third-order valence-electron chi connectivity index (χ3n) is 7.73. The number of nitrogens with zero attached hydrogens (tertiary/aromatic N) is 3. The molecule has 2 bridgehead atoms. The summed E-state index contributed by atoms with van der Waals surface area (Å²) in [6, 6.07) is 13.2. The highest BCUT2D eigenvalue weighted by atomic mass is 35.5. The lowest BCUT2D eigenvalue weighted by Crippen LogP contribution is -2.39. The lowest BCUT2D eigenvalue weighted by Gasteiger charge is -2.33. The van der Waals surface area contributed by atoms with Crippen molar-refractivity contribution in [3.05, 3.63) is 69.1 Å². The van der Waals surface area contributed by atoms with Gasteiger partial charge in [-0.25, -0.2) is 4.39 Å². The van der Waals surface area contributed by atoms with Crippen molar-refractivity contribution in [3.63, 3.8) is 0 Å². The third-order valence-corrected chi connectivity index (χ3v) is 8.36. The number of ether oxygens (including phenoxy) is 1. The van der Waals surface area contributed by atoms with E-state index in [1.165, 1.54) is 0 Å². The van der Waals surface area contributed by atoms with Crippen molar-refractivity contribution in [1.82, 2.24) is 5.16 Å². The van der Waals surface area contributed by atoms with E-state index in [-0.39, 0.29) is 18.0 Å². The molecule has 1 saturated heterocycles. The third kappa shape index (κ3) is 4.38. The van der Waals surface area contributed by atoms with Gasteiger partial charge in [-0.1, -0.05) is 40.5 Å². The van der Waals surface area contributed by atoms with Crippen molar-refractivity contribution in [2.75, 3.05) is 11.4 Å². The zero-order valence-electron chi connectivity index (χ0n) is 19.7. The largest absolute Gasteiger partial charge is 0.373 e. The van der Waals surface area contributed by atoms with Crippen molar-refractivity contribution >= 4 is 28.9 Å². The molecule has 2 aromatic carbocycles. The highest BCUT2D eigenvalue weighted by molar-refractivity contribution is 6.39. The topological polar surface area (TPSA) is 62.3 Å². The first-order valence-electron chi connectivity index (χ1n) is 12.5. The number of benzene rings is 2. The van der Waals surface area contributed by atoms with Gasteiger partial charge >= 0.3 is 0 Å². The maximum Gasteiger partial charge on any atom is 0.146 e. The summed E-state index contributed by atoms with van der Waals surface area (Å²) in [5.74, 6) is 1.38. The molecular weight excluding hydrogens is 500 g/mol. The molecule has 186 valence electrons. The average Bonchev–Trinajstić information content (AvgIpc) is 3.32. The number of aryl methyl sites for hydroxylation is 1. The predicted molar refractivity (Wildman–Crippen MR) is 137 cm³/mol. The summed E-state index contributed by atoms with van der Waals surface area (Å²) in [5.41, 5.74) is 3.79. The van der Waals surface area contributed by atoms with Gasteiger partial charge in [-0.15, -0.1) is 0 Å². The minimum Gasteiger partial charge on any atom is -0.373 e. The van der Waals surface area contributed by atoms with E-state index in [1.807, 2.05) is 18.2 Å². The van der Waals surface area contributed by atoms with Crippen LogP contribution in [-0.2, 0) is 17.8 Å². The zero-order valence-corrected chi connectivity index (χ0v) is 21.2. The molecule has 6 rings (SSSR count). The van der Waals surface area contributed by atoms with Crippen LogP contribution in [0.3, 0.4) is 0 Å². The molecule has 1 aromatic heterocycles. The predicted octanol–water partition coefficient (Wildman–Crippen LogP) is 7.31. The summed E-state index contributed by atoms with van der Waals surface area (Å²) in [7, 11) is 0. The molecule has 2 aliphatic carbocycles. The fourth-order valence-electron chi connectivity index (χ4n) is 5.78. The van der Waals surface area contributed by atoms with Crippen LogP contribution in [-0.4, -0.2) is 23.8 Å². The van der Waals surface area contributed by atoms with Crippen LogP contribution in [0.25, 0.3) is 11.3 Å². The van der Waals surface area contributed by atoms with Crippen LogP contribution >= 0.6 is 23.2 Å². The maximum atomic E-state index is 14.9. The van der Waals surface area contributed by atoms with Crippen molar-refractivity contribution in [2.24, 2.45) is 5.92 Å². The van der Waals surface area contributed by atoms with Gasteiger partial charge in [0.1, 0.15) is 17.3 Å². The fraction of sp³-hybridized carbons (Fsp3) is 0.429. The molecule has 3 atom stereocenters. The van der Waals surface area contributed by atoms with Crippen molar-refractivity contribution in [2.45, 2.75) is 63.2 Å². The van der Waals surface area contributed by atoms with Crippen LogP contribution in [0.5, 0.6) is 0 Å². The molecule has 2 heterocycles. The number of fused-ring (bicyclic) bond motifs is 2. The summed E-state index contributed by atoms with van der Waals surface area (Å²) >= 11 is 13.0. The first-order chi connectivity index (χ1) is 17.5. The Labute approximate surface area is 219 Å². The van der Waals surface area contributed by atoms with Crippen LogP contribution < -0.4 is 4.90 Å². The van der Waals surface area contributed by atoms with Gasteiger partial charge < -0.3 is 14.2 Å². The second-order valence-corrected chi connectivity index (χ2v) is 10.9. The molecule has 0 N–H and O–H groups in total. The minimum absolute atomic E-state index is 0.0979. The fourth-order valence-corrected chi connectivity index (χ4v) is 6.36. The number of hydrogen-bond acceptors (Lipinski definition) is 5. The van der Waals surface area contributed by atoms with Crippen molar-refractivity contribution in [1.29, 1.82) is 5.26 Å². The van der Waals surface area contributed by atoms with E-state index in [2.05, 4.69) is 16.1 Å². The molecule has 3 fully saturated rings. The second kappa shape index (κ2) is 9.70. The number of rotatable bonds is 8. The Bertz CT molecular complexity index is 1310. The van der Waals surface area contributed by atoms with E-state index in [4.69, 9.17) is 37.7 Å². The van der Waals surface area contributed by atoms with Gasteiger partial charge in [0.05, 0.1) is 34.5 Å². The molecule has 8 heteroatoms. The smallest absolute Gasteiger partial charge is 0.146 e. The van der Waals surface area contributed by atoms with E-state index in [9.17, 15) is 4.39 Å². The standard InChI is InChI=1S/C28H26Cl2FN3O2/c29-21-4-1-5-22(30)26(21)27-20(28(36-33-27)17-7-8-17)15-35-25-13-19-12-18(25)14-34(19)24-9-6-16(3-2-10-32)11-23(24)31/h1,4-6,9,11,17-19,25H,2-3,7-8,12-15H2/t18-,19-,25+/m0/s1. The Hall–Kier alpha value is -2.59. The maximum absolute atomic E-state index is 14.9. The second-order valence-electron chi connectivity index (χ2n) is 10.1. The SMILES string of the molecule is N#CCCc1ccc(N2C[C@@H]3C[C@H]2C[C@H]3OCc2c(-c3c(Cl)cccc3Cl)noc2C2CC2)c(F)c1. The molecule has 36 heavy (non-hydrogen) atoms. The van der Waals surface area contributed by atoms with Crippen LogP contribution in [0, 0.1) is 23.1 Å². The van der Waals surface area contributed by atoms with Crippen LogP contribution in [0.2, 0.25) is 10.0 Å². The number of piperidine rings is 1. The van der Waals surface area contributed by atoms with Gasteiger partial charge in [-0.05, 0) is 61.9 Å². The summed E-state index contributed by atoms with van der Waals surface area (Å²) in [4.78, 5) is 2.18. The lowest BCUT2D eigenvalue weighted by molar-refractivity contribution is 0.0122. The number of anilines is 1.